The van der Waals surface area contributed by atoms with Crippen molar-refractivity contribution in [1.29, 1.82) is 0 Å². The van der Waals surface area contributed by atoms with E-state index in [1.807, 2.05) is 36.4 Å². The van der Waals surface area contributed by atoms with Crippen LogP contribution in [-0.4, -0.2) is 63.6 Å². The number of nitrogens with zero attached hydrogens (tertiary/aromatic N) is 3. The van der Waals surface area contributed by atoms with Gasteiger partial charge < -0.3 is 15.5 Å². The molecule has 7 nitrogen and oxygen atoms in total. The van der Waals surface area contributed by atoms with E-state index in [1.165, 1.54) is 24.0 Å². The Balaban J connectivity index is 1.62. The summed E-state index contributed by atoms with van der Waals surface area (Å²) in [7, 11) is 0. The van der Waals surface area contributed by atoms with Gasteiger partial charge in [-0.3, -0.25) is 9.69 Å². The van der Waals surface area contributed by atoms with Crippen molar-refractivity contribution in [3.63, 3.8) is 0 Å². The summed E-state index contributed by atoms with van der Waals surface area (Å²) in [5.41, 5.74) is 5.51. The van der Waals surface area contributed by atoms with Crippen molar-refractivity contribution in [2.45, 2.75) is 25.7 Å². The molecule has 7 heteroatoms. The molecule has 168 valence electrons. The highest BCUT2D eigenvalue weighted by Crippen LogP contribution is 2.29. The minimum absolute atomic E-state index is 0.0717. The normalized spacial score (nSPS) is 13.2. The largest absolute Gasteiger partial charge is 0.395 e. The molecule has 0 atom stereocenters. The smallest absolute Gasteiger partial charge is 0.239 e. The van der Waals surface area contributed by atoms with Crippen LogP contribution in [0.2, 0.25) is 0 Å². The number of carbonyl (C=O) groups is 1. The zero-order valence-corrected chi connectivity index (χ0v) is 18.2. The van der Waals surface area contributed by atoms with E-state index in [1.54, 1.807) is 9.58 Å². The zero-order valence-electron chi connectivity index (χ0n) is 18.2. The van der Waals surface area contributed by atoms with Crippen molar-refractivity contribution < 1.29 is 15.0 Å². The summed E-state index contributed by atoms with van der Waals surface area (Å²) in [4.78, 5) is 14.4. The van der Waals surface area contributed by atoms with Gasteiger partial charge in [-0.1, -0.05) is 30.3 Å². The van der Waals surface area contributed by atoms with Crippen LogP contribution in [0.1, 0.15) is 24.0 Å². The van der Waals surface area contributed by atoms with Crippen LogP contribution in [0.15, 0.2) is 54.6 Å². The minimum atomic E-state index is -0.221. The fourth-order valence-electron chi connectivity index (χ4n) is 4.21. The number of amides is 1. The van der Waals surface area contributed by atoms with E-state index in [0.717, 1.165) is 29.8 Å². The van der Waals surface area contributed by atoms with E-state index in [9.17, 15) is 15.0 Å². The van der Waals surface area contributed by atoms with Crippen molar-refractivity contribution in [3.8, 4) is 16.9 Å². The third-order valence-electron chi connectivity index (χ3n) is 5.82. The molecule has 0 bridgehead atoms. The topological polar surface area (TPSA) is 90.6 Å². The van der Waals surface area contributed by atoms with E-state index in [4.69, 9.17) is 5.10 Å². The number of anilines is 1. The maximum absolute atomic E-state index is 12.7. The number of aryl methyl sites for hydroxylation is 2. The minimum Gasteiger partial charge on any atom is -0.395 e. The maximum Gasteiger partial charge on any atom is 0.239 e. The fourth-order valence-corrected chi connectivity index (χ4v) is 4.21. The average Bonchev–Trinajstić information content (AvgIpc) is 3.23. The van der Waals surface area contributed by atoms with Gasteiger partial charge in [0.2, 0.25) is 5.91 Å². The number of rotatable bonds is 9. The molecule has 3 aromatic rings. The quantitative estimate of drug-likeness (QED) is 0.482. The SMILES string of the molecule is O=C(CN(CCO)CCO)Nc1cc(-c2ccc3c(c2)CCCC3)nn1-c1ccccc1. The lowest BCUT2D eigenvalue weighted by molar-refractivity contribution is -0.117. The Hall–Kier alpha value is -3.00. The molecule has 0 saturated heterocycles. The highest BCUT2D eigenvalue weighted by Gasteiger charge is 2.17. The van der Waals surface area contributed by atoms with E-state index < -0.39 is 0 Å². The molecule has 2 aromatic carbocycles. The number of aromatic nitrogens is 2. The highest BCUT2D eigenvalue weighted by molar-refractivity contribution is 5.92. The Bertz CT molecular complexity index is 1040. The first-order chi connectivity index (χ1) is 15.7. The van der Waals surface area contributed by atoms with Crippen LogP contribution in [-0.2, 0) is 17.6 Å². The summed E-state index contributed by atoms with van der Waals surface area (Å²) >= 11 is 0. The van der Waals surface area contributed by atoms with Crippen LogP contribution in [0.5, 0.6) is 0 Å². The number of fused-ring (bicyclic) bond motifs is 1. The molecule has 1 aliphatic rings. The number of benzene rings is 2. The molecule has 1 heterocycles. The summed E-state index contributed by atoms with van der Waals surface area (Å²) in [6.45, 7) is 0.587. The Morgan fingerprint density at radius 2 is 1.69 bits per heavy atom. The van der Waals surface area contributed by atoms with Crippen LogP contribution in [0.25, 0.3) is 16.9 Å². The van der Waals surface area contributed by atoms with Crippen LogP contribution >= 0.6 is 0 Å². The standard InChI is InChI=1S/C25H30N4O3/c30-14-12-28(13-15-31)18-25(32)26-24-17-23(27-29(24)22-8-2-1-3-9-22)21-11-10-19-6-4-5-7-20(19)16-21/h1-3,8-11,16-17,30-31H,4-7,12-15,18H2,(H,26,32). The van der Waals surface area contributed by atoms with Crippen molar-refractivity contribution in [3.05, 3.63) is 65.7 Å². The van der Waals surface area contributed by atoms with Crippen LogP contribution in [0.3, 0.4) is 0 Å². The van der Waals surface area contributed by atoms with Gasteiger partial charge in [0.25, 0.3) is 0 Å². The first kappa shape index (κ1) is 22.2. The molecule has 1 amide bonds. The molecule has 3 N–H and O–H groups in total. The van der Waals surface area contributed by atoms with E-state index in [-0.39, 0.29) is 25.7 Å². The number of aliphatic hydroxyl groups excluding tert-OH is 2. The molecular weight excluding hydrogens is 404 g/mol. The van der Waals surface area contributed by atoms with Gasteiger partial charge in [-0.05, 0) is 55.0 Å². The Kier molecular flexibility index (Phi) is 7.32. The van der Waals surface area contributed by atoms with Gasteiger partial charge in [-0.2, -0.15) is 5.10 Å². The number of nitrogens with one attached hydrogen (secondary N) is 1. The Morgan fingerprint density at radius 1 is 0.969 bits per heavy atom. The van der Waals surface area contributed by atoms with Gasteiger partial charge in [0, 0.05) is 24.7 Å². The first-order valence-corrected chi connectivity index (χ1v) is 11.2. The Morgan fingerprint density at radius 3 is 2.41 bits per heavy atom. The second kappa shape index (κ2) is 10.5. The fraction of sp³-hybridized carbons (Fsp3) is 0.360. The second-order valence-electron chi connectivity index (χ2n) is 8.12. The summed E-state index contributed by atoms with van der Waals surface area (Å²) in [6.07, 6.45) is 4.69. The van der Waals surface area contributed by atoms with E-state index in [0.29, 0.717) is 18.9 Å². The number of carbonyl (C=O) groups excluding carboxylic acids is 1. The van der Waals surface area contributed by atoms with Crippen molar-refractivity contribution in [2.24, 2.45) is 0 Å². The summed E-state index contributed by atoms with van der Waals surface area (Å²) in [5.74, 6) is 0.364. The number of aliphatic hydroxyl groups is 2. The van der Waals surface area contributed by atoms with Gasteiger partial charge in [0.15, 0.2) is 0 Å². The van der Waals surface area contributed by atoms with Crippen LogP contribution < -0.4 is 5.32 Å². The number of hydrogen-bond acceptors (Lipinski definition) is 5. The molecule has 0 radical (unpaired) electrons. The molecule has 1 aromatic heterocycles. The average molecular weight is 435 g/mol. The molecule has 0 unspecified atom stereocenters. The van der Waals surface area contributed by atoms with E-state index in [2.05, 4.69) is 23.5 Å². The maximum atomic E-state index is 12.7. The third-order valence-corrected chi connectivity index (χ3v) is 5.82. The molecule has 1 aliphatic carbocycles. The molecule has 0 saturated carbocycles. The van der Waals surface area contributed by atoms with Crippen molar-refractivity contribution >= 4 is 11.7 Å². The molecule has 32 heavy (non-hydrogen) atoms. The molecular formula is C25H30N4O3. The molecule has 0 fully saturated rings. The number of para-hydroxylation sites is 1. The predicted molar refractivity (Wildman–Crippen MR) is 125 cm³/mol. The van der Waals surface area contributed by atoms with Crippen LogP contribution in [0, 0.1) is 0 Å². The lowest BCUT2D eigenvalue weighted by Crippen LogP contribution is -2.37. The highest BCUT2D eigenvalue weighted by atomic mass is 16.3. The molecule has 0 aliphatic heterocycles. The molecule has 0 spiro atoms. The van der Waals surface area contributed by atoms with Gasteiger partial charge >= 0.3 is 0 Å². The molecule has 4 rings (SSSR count). The van der Waals surface area contributed by atoms with Gasteiger partial charge in [0.05, 0.1) is 31.1 Å². The number of hydrogen-bond donors (Lipinski definition) is 3. The zero-order chi connectivity index (χ0) is 22.3. The lowest BCUT2D eigenvalue weighted by Gasteiger charge is -2.19. The first-order valence-electron chi connectivity index (χ1n) is 11.2. The van der Waals surface area contributed by atoms with Gasteiger partial charge in [-0.25, -0.2) is 4.68 Å². The van der Waals surface area contributed by atoms with Gasteiger partial charge in [-0.15, -0.1) is 0 Å². The third kappa shape index (κ3) is 5.24. The van der Waals surface area contributed by atoms with Crippen LogP contribution in [0.4, 0.5) is 5.82 Å². The van der Waals surface area contributed by atoms with Crippen molar-refractivity contribution in [1.82, 2.24) is 14.7 Å². The summed E-state index contributed by atoms with van der Waals surface area (Å²) in [5, 5.41) is 26.2. The Labute approximate surface area is 188 Å². The summed E-state index contributed by atoms with van der Waals surface area (Å²) < 4.78 is 1.75. The predicted octanol–water partition coefficient (Wildman–Crippen LogP) is 2.64. The monoisotopic (exact) mass is 434 g/mol. The van der Waals surface area contributed by atoms with Crippen molar-refractivity contribution in [2.75, 3.05) is 38.2 Å². The van der Waals surface area contributed by atoms with E-state index >= 15 is 0 Å². The second-order valence-corrected chi connectivity index (χ2v) is 8.12. The lowest BCUT2D eigenvalue weighted by atomic mass is 9.90. The van der Waals surface area contributed by atoms with Gasteiger partial charge in [0.1, 0.15) is 5.82 Å². The summed E-state index contributed by atoms with van der Waals surface area (Å²) in [6, 6.07) is 18.1.